The molecule has 0 fully saturated rings. The van der Waals surface area contributed by atoms with Gasteiger partial charge in [-0.1, -0.05) is 42.5 Å². The molecule has 0 radical (unpaired) electrons. The van der Waals surface area contributed by atoms with Gasteiger partial charge in [0.1, 0.15) is 0 Å². The first-order valence-electron chi connectivity index (χ1n) is 6.62. The second-order valence-electron chi connectivity index (χ2n) is 4.89. The van der Waals surface area contributed by atoms with Gasteiger partial charge in [0.2, 0.25) is 0 Å². The van der Waals surface area contributed by atoms with Gasteiger partial charge in [0.25, 0.3) is 0 Å². The lowest BCUT2D eigenvalue weighted by atomic mass is 10.0. The highest BCUT2D eigenvalue weighted by atomic mass is 16.4. The number of hydrogen-bond acceptors (Lipinski definition) is 3. The Morgan fingerprint density at radius 2 is 1.85 bits per heavy atom. The van der Waals surface area contributed by atoms with Gasteiger partial charge >= 0.3 is 5.97 Å². The molecule has 106 valence electrons. The van der Waals surface area contributed by atoms with Crippen molar-refractivity contribution in [1.29, 1.82) is 0 Å². The third-order valence-electron chi connectivity index (χ3n) is 3.44. The minimum atomic E-state index is -0.905. The molecule has 3 N–H and O–H groups in total. The fraction of sp³-hybridized carbons (Fsp3) is 0.312. The van der Waals surface area contributed by atoms with E-state index in [1.807, 2.05) is 36.4 Å². The molecule has 0 saturated heterocycles. The predicted octanol–water partition coefficient (Wildman–Crippen LogP) is 1.99. The van der Waals surface area contributed by atoms with E-state index in [4.69, 9.17) is 5.11 Å². The SMILES string of the molecule is O=C(O)CCC1=C(C=Cc2ccccc2)[C@H](O)C[C@H]1O. The Bertz CT molecular complexity index is 531. The van der Waals surface area contributed by atoms with E-state index in [0.717, 1.165) is 5.56 Å². The Hall–Kier alpha value is -1.91. The lowest BCUT2D eigenvalue weighted by Gasteiger charge is -2.07. The quantitative estimate of drug-likeness (QED) is 0.767. The molecule has 2 rings (SSSR count). The van der Waals surface area contributed by atoms with E-state index < -0.39 is 18.2 Å². The summed E-state index contributed by atoms with van der Waals surface area (Å²) in [6, 6.07) is 9.62. The molecule has 1 aromatic rings. The van der Waals surface area contributed by atoms with E-state index in [9.17, 15) is 15.0 Å². The minimum absolute atomic E-state index is 0.0399. The number of aliphatic carboxylic acids is 1. The number of carboxylic acid groups (broad SMARTS) is 1. The Balaban J connectivity index is 2.19. The first kappa shape index (κ1) is 14.5. The number of hydrogen-bond donors (Lipinski definition) is 3. The Kier molecular flexibility index (Phi) is 4.71. The summed E-state index contributed by atoms with van der Waals surface area (Å²) in [5.41, 5.74) is 2.26. The molecular weight excluding hydrogens is 256 g/mol. The number of carbonyl (C=O) groups is 1. The summed E-state index contributed by atoms with van der Waals surface area (Å²) < 4.78 is 0. The summed E-state index contributed by atoms with van der Waals surface area (Å²) >= 11 is 0. The van der Waals surface area contributed by atoms with E-state index in [0.29, 0.717) is 11.1 Å². The van der Waals surface area contributed by atoms with Crippen molar-refractivity contribution >= 4 is 12.0 Å². The van der Waals surface area contributed by atoms with E-state index in [-0.39, 0.29) is 19.3 Å². The van der Waals surface area contributed by atoms with Gasteiger partial charge in [0.15, 0.2) is 0 Å². The van der Waals surface area contributed by atoms with Crippen molar-refractivity contribution in [1.82, 2.24) is 0 Å². The standard InChI is InChI=1S/C16H18O4/c17-14-10-15(18)13(8-9-16(19)20)12(14)7-6-11-4-2-1-3-5-11/h1-7,14-15,17-18H,8-10H2,(H,19,20)/t14-,15-/m1/s1. The summed E-state index contributed by atoms with van der Waals surface area (Å²) in [7, 11) is 0. The van der Waals surface area contributed by atoms with Gasteiger partial charge in [0.05, 0.1) is 12.2 Å². The van der Waals surface area contributed by atoms with E-state index in [1.54, 1.807) is 6.08 Å². The number of carboxylic acids is 1. The van der Waals surface area contributed by atoms with Gasteiger partial charge in [-0.05, 0) is 23.1 Å². The fourth-order valence-electron chi connectivity index (χ4n) is 2.41. The van der Waals surface area contributed by atoms with Crippen molar-refractivity contribution in [3.63, 3.8) is 0 Å². The van der Waals surface area contributed by atoms with Gasteiger partial charge in [-0.3, -0.25) is 4.79 Å². The molecule has 4 nitrogen and oxygen atoms in total. The molecule has 0 aromatic heterocycles. The molecule has 0 saturated carbocycles. The topological polar surface area (TPSA) is 77.8 Å². The zero-order valence-electron chi connectivity index (χ0n) is 11.1. The average Bonchev–Trinajstić information content (AvgIpc) is 2.69. The van der Waals surface area contributed by atoms with Crippen LogP contribution >= 0.6 is 0 Å². The molecule has 4 heteroatoms. The normalized spacial score (nSPS) is 22.7. The van der Waals surface area contributed by atoms with Crippen LogP contribution in [0.5, 0.6) is 0 Å². The molecule has 0 spiro atoms. The van der Waals surface area contributed by atoms with E-state index in [1.165, 1.54) is 0 Å². The third kappa shape index (κ3) is 3.56. The molecule has 0 heterocycles. The highest BCUT2D eigenvalue weighted by Crippen LogP contribution is 2.31. The van der Waals surface area contributed by atoms with E-state index in [2.05, 4.69) is 0 Å². The maximum absolute atomic E-state index is 10.6. The molecule has 0 aliphatic heterocycles. The molecule has 2 atom stereocenters. The summed E-state index contributed by atoms with van der Waals surface area (Å²) in [6.07, 6.45) is 2.62. The molecule has 0 amide bonds. The van der Waals surface area contributed by atoms with Gasteiger partial charge < -0.3 is 15.3 Å². The van der Waals surface area contributed by atoms with Gasteiger partial charge in [-0.15, -0.1) is 0 Å². The van der Waals surface area contributed by atoms with Crippen LogP contribution in [0.2, 0.25) is 0 Å². The van der Waals surface area contributed by atoms with Crippen molar-refractivity contribution in [2.24, 2.45) is 0 Å². The Morgan fingerprint density at radius 1 is 1.15 bits per heavy atom. The predicted molar refractivity (Wildman–Crippen MR) is 76.0 cm³/mol. The molecule has 1 aliphatic carbocycles. The molecular formula is C16H18O4. The number of benzene rings is 1. The summed E-state index contributed by atoms with van der Waals surface area (Å²) in [5.74, 6) is -0.905. The average molecular weight is 274 g/mol. The number of rotatable bonds is 5. The van der Waals surface area contributed by atoms with Crippen LogP contribution in [-0.4, -0.2) is 33.5 Å². The van der Waals surface area contributed by atoms with Crippen molar-refractivity contribution in [3.05, 3.63) is 53.1 Å². The summed E-state index contributed by atoms with van der Waals surface area (Å²) in [5, 5.41) is 28.6. The molecule has 20 heavy (non-hydrogen) atoms. The van der Waals surface area contributed by atoms with Crippen molar-refractivity contribution < 1.29 is 20.1 Å². The first-order chi connectivity index (χ1) is 9.58. The van der Waals surface area contributed by atoms with Gasteiger partial charge in [0, 0.05) is 12.8 Å². The van der Waals surface area contributed by atoms with Crippen LogP contribution in [0.25, 0.3) is 6.08 Å². The van der Waals surface area contributed by atoms with Crippen LogP contribution < -0.4 is 0 Å². The van der Waals surface area contributed by atoms with Crippen LogP contribution in [0, 0.1) is 0 Å². The van der Waals surface area contributed by atoms with Crippen molar-refractivity contribution in [2.75, 3.05) is 0 Å². The number of aliphatic hydroxyl groups is 2. The first-order valence-corrected chi connectivity index (χ1v) is 6.62. The second-order valence-corrected chi connectivity index (χ2v) is 4.89. The Morgan fingerprint density at radius 3 is 2.50 bits per heavy atom. The van der Waals surface area contributed by atoms with Gasteiger partial charge in [-0.2, -0.15) is 0 Å². The van der Waals surface area contributed by atoms with Gasteiger partial charge in [-0.25, -0.2) is 0 Å². The fourth-order valence-corrected chi connectivity index (χ4v) is 2.41. The zero-order chi connectivity index (χ0) is 14.5. The molecule has 1 aromatic carbocycles. The monoisotopic (exact) mass is 274 g/mol. The van der Waals surface area contributed by atoms with Crippen molar-refractivity contribution in [3.8, 4) is 0 Å². The van der Waals surface area contributed by atoms with Crippen LogP contribution in [0.15, 0.2) is 47.6 Å². The summed E-state index contributed by atoms with van der Waals surface area (Å²) in [4.78, 5) is 10.6. The molecule has 1 aliphatic rings. The highest BCUT2D eigenvalue weighted by Gasteiger charge is 2.29. The van der Waals surface area contributed by atoms with Crippen LogP contribution in [0.1, 0.15) is 24.8 Å². The lowest BCUT2D eigenvalue weighted by Crippen LogP contribution is -2.09. The third-order valence-corrected chi connectivity index (χ3v) is 3.44. The maximum Gasteiger partial charge on any atom is 0.303 e. The number of aliphatic hydroxyl groups excluding tert-OH is 2. The summed E-state index contributed by atoms with van der Waals surface area (Å²) in [6.45, 7) is 0. The van der Waals surface area contributed by atoms with Crippen LogP contribution in [0.4, 0.5) is 0 Å². The zero-order valence-corrected chi connectivity index (χ0v) is 11.1. The van der Waals surface area contributed by atoms with Crippen molar-refractivity contribution in [2.45, 2.75) is 31.5 Å². The highest BCUT2D eigenvalue weighted by molar-refractivity contribution is 5.67. The molecule has 0 bridgehead atoms. The van der Waals surface area contributed by atoms with Crippen LogP contribution in [-0.2, 0) is 4.79 Å². The second kappa shape index (κ2) is 6.50. The largest absolute Gasteiger partial charge is 0.481 e. The Labute approximate surface area is 117 Å². The maximum atomic E-state index is 10.6. The lowest BCUT2D eigenvalue weighted by molar-refractivity contribution is -0.136. The minimum Gasteiger partial charge on any atom is -0.481 e. The van der Waals surface area contributed by atoms with E-state index >= 15 is 0 Å². The van der Waals surface area contributed by atoms with Crippen LogP contribution in [0.3, 0.4) is 0 Å². The molecule has 0 unspecified atom stereocenters. The smallest absolute Gasteiger partial charge is 0.303 e.